The van der Waals surface area contributed by atoms with Crippen molar-refractivity contribution >= 4 is 44.9 Å². The van der Waals surface area contributed by atoms with Crippen molar-refractivity contribution in [2.24, 2.45) is 0 Å². The Balaban J connectivity index is 1.84. The molecule has 0 saturated heterocycles. The minimum absolute atomic E-state index is 0.0100. The first-order chi connectivity index (χ1) is 13.0. The summed E-state index contributed by atoms with van der Waals surface area (Å²) in [6.07, 6.45) is 0.838. The van der Waals surface area contributed by atoms with E-state index < -0.39 is 0 Å². The molecule has 0 N–H and O–H groups in total. The molecular formula is C20H23N3O2S2. The fourth-order valence-corrected chi connectivity index (χ4v) is 4.64. The van der Waals surface area contributed by atoms with E-state index in [1.807, 2.05) is 56.5 Å². The molecular weight excluding hydrogens is 378 g/mol. The van der Waals surface area contributed by atoms with Crippen LogP contribution < -0.4 is 10.5 Å². The van der Waals surface area contributed by atoms with Gasteiger partial charge in [0.1, 0.15) is 4.70 Å². The Morgan fingerprint density at radius 3 is 2.81 bits per heavy atom. The zero-order valence-electron chi connectivity index (χ0n) is 15.8. The highest BCUT2D eigenvalue weighted by Gasteiger charge is 2.17. The molecule has 0 spiro atoms. The normalized spacial score (nSPS) is 11.1. The van der Waals surface area contributed by atoms with Gasteiger partial charge in [0.25, 0.3) is 5.56 Å². The van der Waals surface area contributed by atoms with Crippen LogP contribution in [-0.2, 0) is 11.3 Å². The first-order valence-corrected chi connectivity index (χ1v) is 10.9. The maximum Gasteiger partial charge on any atom is 0.272 e. The summed E-state index contributed by atoms with van der Waals surface area (Å²) in [4.78, 5) is 31.9. The Labute approximate surface area is 167 Å². The predicted octanol–water partition coefficient (Wildman–Crippen LogP) is 4.32. The van der Waals surface area contributed by atoms with Crippen molar-refractivity contribution in [1.29, 1.82) is 0 Å². The van der Waals surface area contributed by atoms with E-state index >= 15 is 0 Å². The molecule has 0 aliphatic carbocycles. The molecule has 0 aliphatic heterocycles. The number of rotatable bonds is 7. The maximum absolute atomic E-state index is 12.8. The summed E-state index contributed by atoms with van der Waals surface area (Å²) < 4.78 is 2.37. The SMILES string of the molecule is CCCn1c(SCC(=O)N(CC)c2cccc(C)c2)nc2ccsc2c1=O. The summed E-state index contributed by atoms with van der Waals surface area (Å²) in [5, 5.41) is 2.49. The van der Waals surface area contributed by atoms with Gasteiger partial charge in [-0.1, -0.05) is 30.8 Å². The topological polar surface area (TPSA) is 55.2 Å². The van der Waals surface area contributed by atoms with Crippen LogP contribution in [0.2, 0.25) is 0 Å². The summed E-state index contributed by atoms with van der Waals surface area (Å²) in [5.74, 6) is 0.254. The molecule has 1 aromatic carbocycles. The minimum Gasteiger partial charge on any atom is -0.312 e. The van der Waals surface area contributed by atoms with Crippen molar-refractivity contribution in [1.82, 2.24) is 9.55 Å². The monoisotopic (exact) mass is 401 g/mol. The van der Waals surface area contributed by atoms with E-state index in [0.29, 0.717) is 28.5 Å². The Kier molecular flexibility index (Phi) is 6.34. The lowest BCUT2D eigenvalue weighted by atomic mass is 10.2. The quantitative estimate of drug-likeness (QED) is 0.437. The summed E-state index contributed by atoms with van der Waals surface area (Å²) in [7, 11) is 0. The van der Waals surface area contributed by atoms with Gasteiger partial charge in [-0.25, -0.2) is 4.98 Å². The van der Waals surface area contributed by atoms with Crippen LogP contribution in [0.15, 0.2) is 45.7 Å². The molecule has 142 valence electrons. The molecule has 0 atom stereocenters. The third-order valence-corrected chi connectivity index (χ3v) is 6.09. The number of amides is 1. The average molecular weight is 402 g/mol. The van der Waals surface area contributed by atoms with Crippen molar-refractivity contribution in [3.8, 4) is 0 Å². The zero-order chi connectivity index (χ0) is 19.4. The lowest BCUT2D eigenvalue weighted by Gasteiger charge is -2.21. The van der Waals surface area contributed by atoms with Crippen LogP contribution in [0, 0.1) is 6.92 Å². The standard InChI is InChI=1S/C20H23N3O2S2/c1-4-10-23-19(25)18-16(9-11-26-18)21-20(23)27-13-17(24)22(5-2)15-8-6-7-14(3)12-15/h6-9,11-12H,4-5,10,13H2,1-3H3. The van der Waals surface area contributed by atoms with Crippen LogP contribution in [0.25, 0.3) is 10.2 Å². The predicted molar refractivity (Wildman–Crippen MR) is 114 cm³/mol. The molecule has 3 rings (SSSR count). The summed E-state index contributed by atoms with van der Waals surface area (Å²) in [6.45, 7) is 7.21. The van der Waals surface area contributed by atoms with E-state index in [2.05, 4.69) is 4.98 Å². The molecule has 1 amide bonds. The summed E-state index contributed by atoms with van der Waals surface area (Å²) in [6, 6.07) is 9.78. The van der Waals surface area contributed by atoms with E-state index in [4.69, 9.17) is 0 Å². The van der Waals surface area contributed by atoms with Gasteiger partial charge in [0, 0.05) is 18.8 Å². The highest BCUT2D eigenvalue weighted by molar-refractivity contribution is 7.99. The second kappa shape index (κ2) is 8.71. The number of fused-ring (bicyclic) bond motifs is 1. The Hall–Kier alpha value is -2.12. The van der Waals surface area contributed by atoms with Gasteiger partial charge >= 0.3 is 0 Å². The Morgan fingerprint density at radius 1 is 1.30 bits per heavy atom. The number of carbonyl (C=O) groups is 1. The van der Waals surface area contributed by atoms with Crippen LogP contribution in [-0.4, -0.2) is 27.8 Å². The van der Waals surface area contributed by atoms with E-state index in [-0.39, 0.29) is 17.2 Å². The van der Waals surface area contributed by atoms with Crippen molar-refractivity contribution in [2.75, 3.05) is 17.2 Å². The minimum atomic E-state index is -0.0159. The molecule has 0 bridgehead atoms. The van der Waals surface area contributed by atoms with Gasteiger partial charge in [-0.15, -0.1) is 11.3 Å². The molecule has 0 saturated carbocycles. The van der Waals surface area contributed by atoms with Crippen LogP contribution >= 0.6 is 23.1 Å². The van der Waals surface area contributed by atoms with Crippen LogP contribution in [0.3, 0.4) is 0 Å². The zero-order valence-corrected chi connectivity index (χ0v) is 17.4. The first-order valence-electron chi connectivity index (χ1n) is 9.03. The molecule has 0 radical (unpaired) electrons. The largest absolute Gasteiger partial charge is 0.312 e. The number of thioether (sulfide) groups is 1. The lowest BCUT2D eigenvalue weighted by molar-refractivity contribution is -0.116. The Morgan fingerprint density at radius 2 is 2.11 bits per heavy atom. The van der Waals surface area contributed by atoms with Crippen LogP contribution in [0.1, 0.15) is 25.8 Å². The van der Waals surface area contributed by atoms with Crippen molar-refractivity contribution < 1.29 is 4.79 Å². The number of hydrogen-bond acceptors (Lipinski definition) is 5. The van der Waals surface area contributed by atoms with Crippen molar-refractivity contribution in [3.05, 3.63) is 51.6 Å². The van der Waals surface area contributed by atoms with Gasteiger partial charge in [-0.2, -0.15) is 0 Å². The van der Waals surface area contributed by atoms with Gasteiger partial charge in [0.15, 0.2) is 5.16 Å². The van der Waals surface area contributed by atoms with Crippen molar-refractivity contribution in [3.63, 3.8) is 0 Å². The van der Waals surface area contributed by atoms with E-state index in [1.54, 1.807) is 9.47 Å². The number of aryl methyl sites for hydroxylation is 1. The number of carbonyl (C=O) groups excluding carboxylic acids is 1. The lowest BCUT2D eigenvalue weighted by Crippen LogP contribution is -2.32. The Bertz CT molecular complexity index is 1010. The number of benzene rings is 1. The van der Waals surface area contributed by atoms with Gasteiger partial charge in [-0.05, 0) is 49.4 Å². The molecule has 7 heteroatoms. The highest BCUT2D eigenvalue weighted by atomic mass is 32.2. The second-order valence-corrected chi connectivity index (χ2v) is 8.11. The van der Waals surface area contributed by atoms with E-state index in [9.17, 15) is 9.59 Å². The smallest absolute Gasteiger partial charge is 0.272 e. The van der Waals surface area contributed by atoms with Crippen LogP contribution in [0.4, 0.5) is 5.69 Å². The number of nitrogens with zero attached hydrogens (tertiary/aromatic N) is 3. The third-order valence-electron chi connectivity index (χ3n) is 4.23. The fraction of sp³-hybridized carbons (Fsp3) is 0.350. The van der Waals surface area contributed by atoms with Gasteiger partial charge in [-0.3, -0.25) is 14.2 Å². The number of aromatic nitrogens is 2. The number of hydrogen-bond donors (Lipinski definition) is 0. The number of anilines is 1. The van der Waals surface area contributed by atoms with Gasteiger partial charge in [0.05, 0.1) is 11.3 Å². The fourth-order valence-electron chi connectivity index (χ4n) is 2.96. The first kappa shape index (κ1) is 19.6. The number of thiophene rings is 1. The molecule has 27 heavy (non-hydrogen) atoms. The highest BCUT2D eigenvalue weighted by Crippen LogP contribution is 2.23. The van der Waals surface area contributed by atoms with Crippen LogP contribution in [0.5, 0.6) is 0 Å². The van der Waals surface area contributed by atoms with Gasteiger partial charge < -0.3 is 4.90 Å². The molecule has 2 heterocycles. The molecule has 3 aromatic rings. The maximum atomic E-state index is 12.8. The van der Waals surface area contributed by atoms with Gasteiger partial charge in [0.2, 0.25) is 5.91 Å². The molecule has 0 aliphatic rings. The molecule has 2 aromatic heterocycles. The second-order valence-electron chi connectivity index (χ2n) is 6.25. The molecule has 5 nitrogen and oxygen atoms in total. The molecule has 0 fully saturated rings. The summed E-state index contributed by atoms with van der Waals surface area (Å²) in [5.41, 5.74) is 2.71. The van der Waals surface area contributed by atoms with Crippen molar-refractivity contribution in [2.45, 2.75) is 38.9 Å². The van der Waals surface area contributed by atoms with E-state index in [1.165, 1.54) is 23.1 Å². The summed E-state index contributed by atoms with van der Waals surface area (Å²) >= 11 is 2.75. The van der Waals surface area contributed by atoms with E-state index in [0.717, 1.165) is 17.7 Å². The third kappa shape index (κ3) is 4.25. The average Bonchev–Trinajstić information content (AvgIpc) is 3.12. The molecule has 0 unspecified atom stereocenters.